The number of aryl methyl sites for hydroxylation is 3. The molecular formula is C31H24N6. The molecule has 1 aliphatic carbocycles. The van der Waals surface area contributed by atoms with E-state index in [1.807, 2.05) is 33.6 Å². The maximum absolute atomic E-state index is 4.77. The first-order valence-corrected chi connectivity index (χ1v) is 12.4. The smallest absolute Gasteiger partial charge is 0.122 e. The van der Waals surface area contributed by atoms with E-state index in [9.17, 15) is 0 Å². The number of aromatic nitrogens is 6. The number of fused-ring (bicyclic) bond motifs is 4. The largest absolute Gasteiger partial charge is 0.212 e. The summed E-state index contributed by atoms with van der Waals surface area (Å²) < 4.78 is 3.97. The van der Waals surface area contributed by atoms with Crippen LogP contribution in [0.1, 0.15) is 16.7 Å². The van der Waals surface area contributed by atoms with Gasteiger partial charge in [0.2, 0.25) is 0 Å². The van der Waals surface area contributed by atoms with Gasteiger partial charge in [0, 0.05) is 20.9 Å². The lowest BCUT2D eigenvalue weighted by Gasteiger charge is -2.09. The zero-order chi connectivity index (χ0) is 25.1. The molecule has 0 fully saturated rings. The van der Waals surface area contributed by atoms with E-state index in [1.54, 1.807) is 0 Å². The molecule has 0 saturated heterocycles. The highest BCUT2D eigenvalue weighted by atomic mass is 15.4. The fourth-order valence-corrected chi connectivity index (χ4v) is 5.47. The predicted molar refractivity (Wildman–Crippen MR) is 141 cm³/mol. The van der Waals surface area contributed by atoms with Crippen molar-refractivity contribution in [2.24, 2.45) is 0 Å². The van der Waals surface area contributed by atoms with Crippen molar-refractivity contribution in [3.05, 3.63) is 150 Å². The lowest BCUT2D eigenvalue weighted by atomic mass is 10.1. The number of nitrogens with zero attached hydrogens (tertiary/aromatic N) is 6. The first kappa shape index (κ1) is 21.4. The minimum atomic E-state index is 0.832. The van der Waals surface area contributed by atoms with Crippen LogP contribution in [0.5, 0.6) is 0 Å². The van der Waals surface area contributed by atoms with Crippen LogP contribution in [0.3, 0.4) is 0 Å². The molecule has 178 valence electrons. The fraction of sp³-hybridized carbons (Fsp3) is 0.0968. The summed E-state index contributed by atoms with van der Waals surface area (Å²) in [6, 6.07) is 31.3. The number of rotatable bonds is 2. The molecule has 4 aromatic carbocycles. The Balaban J connectivity index is 1.89. The second kappa shape index (κ2) is 8.10. The number of hydrogen-bond acceptors (Lipinski definition) is 4. The van der Waals surface area contributed by atoms with Gasteiger partial charge in [-0.15, -0.1) is 10.2 Å². The Hall–Kier alpha value is -4.84. The van der Waals surface area contributed by atoms with E-state index in [4.69, 9.17) is 15.4 Å². The average molecular weight is 481 g/mol. The van der Waals surface area contributed by atoms with Crippen molar-refractivity contribution in [2.75, 3.05) is 0 Å². The molecule has 2 heterocycles. The molecule has 6 nitrogen and oxygen atoms in total. The Morgan fingerprint density at radius 1 is 0.459 bits per heavy atom. The molecule has 0 saturated carbocycles. The van der Waals surface area contributed by atoms with Gasteiger partial charge in [-0.1, -0.05) is 95.4 Å². The summed E-state index contributed by atoms with van der Waals surface area (Å²) in [6.45, 7) is 6.34. The van der Waals surface area contributed by atoms with E-state index >= 15 is 0 Å². The van der Waals surface area contributed by atoms with Crippen molar-refractivity contribution in [3.8, 4) is 11.4 Å². The van der Waals surface area contributed by atoms with Crippen LogP contribution in [0.4, 0.5) is 0 Å². The first-order valence-electron chi connectivity index (χ1n) is 12.4. The SMILES string of the molecule is Cc1ccccc1-n1nnc2c1=c1ccccc1=c1c(nnn1-c1c(C)cccc1C)=c1ccccc1=2. The van der Waals surface area contributed by atoms with Gasteiger partial charge in [0.15, 0.2) is 0 Å². The van der Waals surface area contributed by atoms with Crippen molar-refractivity contribution >= 4 is 0 Å². The Morgan fingerprint density at radius 2 is 0.919 bits per heavy atom. The summed E-state index contributed by atoms with van der Waals surface area (Å²) in [6.07, 6.45) is 0. The zero-order valence-electron chi connectivity index (χ0n) is 20.8. The Labute approximate surface area is 212 Å². The number of benzene rings is 4. The highest BCUT2D eigenvalue weighted by Gasteiger charge is 2.14. The summed E-state index contributed by atoms with van der Waals surface area (Å²) in [5.74, 6) is 0. The van der Waals surface area contributed by atoms with Crippen LogP contribution in [0.15, 0.2) is 91.0 Å². The summed E-state index contributed by atoms with van der Waals surface area (Å²) >= 11 is 0. The van der Waals surface area contributed by atoms with Crippen molar-refractivity contribution in [1.82, 2.24) is 30.0 Å². The third-order valence-electron chi connectivity index (χ3n) is 7.21. The monoisotopic (exact) mass is 480 g/mol. The molecule has 1 aliphatic rings. The molecule has 0 unspecified atom stereocenters. The van der Waals surface area contributed by atoms with E-state index in [1.165, 1.54) is 0 Å². The summed E-state index contributed by atoms with van der Waals surface area (Å²) in [4.78, 5) is 0. The van der Waals surface area contributed by atoms with E-state index in [2.05, 4.69) is 92.7 Å². The van der Waals surface area contributed by atoms with Gasteiger partial charge in [0.1, 0.15) is 21.4 Å². The average Bonchev–Trinajstić information content (AvgIpc) is 3.53. The maximum Gasteiger partial charge on any atom is 0.122 e. The molecule has 7 rings (SSSR count). The topological polar surface area (TPSA) is 61.4 Å². The lowest BCUT2D eigenvalue weighted by Crippen LogP contribution is -2.04. The van der Waals surface area contributed by atoms with Gasteiger partial charge in [-0.25, -0.2) is 9.36 Å². The third-order valence-corrected chi connectivity index (χ3v) is 7.21. The van der Waals surface area contributed by atoms with Gasteiger partial charge in [-0.2, -0.15) is 0 Å². The Kier molecular flexibility index (Phi) is 4.69. The zero-order valence-corrected chi connectivity index (χ0v) is 20.8. The Morgan fingerprint density at radius 3 is 1.51 bits per heavy atom. The molecule has 0 bridgehead atoms. The number of para-hydroxylation sites is 2. The lowest BCUT2D eigenvalue weighted by molar-refractivity contribution is 0.774. The highest BCUT2D eigenvalue weighted by Crippen LogP contribution is 2.21. The molecule has 0 spiro atoms. The van der Waals surface area contributed by atoms with Crippen LogP contribution in [0.25, 0.3) is 11.4 Å². The van der Waals surface area contributed by atoms with Crippen LogP contribution >= 0.6 is 0 Å². The van der Waals surface area contributed by atoms with E-state index in [0.29, 0.717) is 0 Å². The van der Waals surface area contributed by atoms with Crippen LogP contribution in [-0.4, -0.2) is 30.0 Å². The normalized spacial score (nSPS) is 11.6. The maximum atomic E-state index is 4.77. The molecule has 0 N–H and O–H groups in total. The van der Waals surface area contributed by atoms with Gasteiger partial charge < -0.3 is 0 Å². The quantitative estimate of drug-likeness (QED) is 0.340. The number of hydrogen-bond donors (Lipinski definition) is 0. The molecule has 0 amide bonds. The summed E-state index contributed by atoms with van der Waals surface area (Å²) in [5, 5.41) is 26.6. The van der Waals surface area contributed by atoms with E-state index < -0.39 is 0 Å². The van der Waals surface area contributed by atoms with Crippen molar-refractivity contribution in [2.45, 2.75) is 20.8 Å². The fourth-order valence-electron chi connectivity index (χ4n) is 5.47. The third kappa shape index (κ3) is 3.12. The van der Waals surface area contributed by atoms with Crippen molar-refractivity contribution in [3.63, 3.8) is 0 Å². The molecule has 0 atom stereocenters. The second-order valence-electron chi connectivity index (χ2n) is 9.51. The minimum absolute atomic E-state index is 0.832. The van der Waals surface area contributed by atoms with Crippen LogP contribution in [0, 0.1) is 63.0 Å². The van der Waals surface area contributed by atoms with Crippen LogP contribution < -0.4 is 0 Å². The van der Waals surface area contributed by atoms with Gasteiger partial charge >= 0.3 is 0 Å². The molecule has 0 aliphatic heterocycles. The predicted octanol–water partition coefficient (Wildman–Crippen LogP) is 5.23. The van der Waals surface area contributed by atoms with Gasteiger partial charge in [0.05, 0.1) is 11.4 Å². The highest BCUT2D eigenvalue weighted by molar-refractivity contribution is 5.46. The minimum Gasteiger partial charge on any atom is -0.212 e. The molecule has 2 aromatic heterocycles. The Bertz CT molecular complexity index is 2230. The molecular weight excluding hydrogens is 456 g/mol. The summed E-state index contributed by atoms with van der Waals surface area (Å²) in [5.41, 5.74) is 5.48. The van der Waals surface area contributed by atoms with E-state index in [0.717, 1.165) is 70.3 Å². The second-order valence-corrected chi connectivity index (χ2v) is 9.51. The van der Waals surface area contributed by atoms with Crippen LogP contribution in [-0.2, 0) is 0 Å². The van der Waals surface area contributed by atoms with Crippen molar-refractivity contribution < 1.29 is 0 Å². The standard InChI is InChI=1S/C31H24N6/c1-19-11-4-9-18-26(19)36-30-24-16-7-8-17-25(24)31-28(23-15-6-5-14-22(23)27(30)32-34-36)33-35-37(31)29-20(2)12-10-13-21(29)3/h4-18H,1-3H3. The molecule has 6 heteroatoms. The van der Waals surface area contributed by atoms with Crippen molar-refractivity contribution in [1.29, 1.82) is 0 Å². The van der Waals surface area contributed by atoms with E-state index in [-0.39, 0.29) is 0 Å². The first-order chi connectivity index (χ1) is 18.1. The molecule has 6 aromatic rings. The van der Waals surface area contributed by atoms with Gasteiger partial charge in [0.25, 0.3) is 0 Å². The van der Waals surface area contributed by atoms with Gasteiger partial charge in [-0.05, 0) is 43.5 Å². The van der Waals surface area contributed by atoms with Gasteiger partial charge in [-0.3, -0.25) is 0 Å². The van der Waals surface area contributed by atoms with Crippen LogP contribution in [0.2, 0.25) is 0 Å². The molecule has 0 radical (unpaired) electrons. The molecule has 37 heavy (non-hydrogen) atoms. The summed E-state index contributed by atoms with van der Waals surface area (Å²) in [7, 11) is 0.